The number of benzene rings is 2. The highest BCUT2D eigenvalue weighted by Gasteiger charge is 2.28. The van der Waals surface area contributed by atoms with Crippen molar-refractivity contribution >= 4 is 34.2 Å². The highest BCUT2D eigenvalue weighted by atomic mass is 16.6. The third-order valence-electron chi connectivity index (χ3n) is 5.40. The summed E-state index contributed by atoms with van der Waals surface area (Å²) in [5.41, 5.74) is 1.06. The lowest BCUT2D eigenvalue weighted by molar-refractivity contribution is -0.385. The lowest BCUT2D eigenvalue weighted by atomic mass is 10.2. The zero-order valence-electron chi connectivity index (χ0n) is 17.9. The summed E-state index contributed by atoms with van der Waals surface area (Å²) in [6.45, 7) is 1.07. The predicted molar refractivity (Wildman–Crippen MR) is 120 cm³/mol. The van der Waals surface area contributed by atoms with E-state index in [1.165, 1.54) is 18.2 Å². The first-order chi connectivity index (χ1) is 15.8. The van der Waals surface area contributed by atoms with Crippen LogP contribution in [0.2, 0.25) is 0 Å². The number of nitro benzene ring substituents is 1. The molecule has 0 atom stereocenters. The van der Waals surface area contributed by atoms with Crippen LogP contribution in [0.15, 0.2) is 47.3 Å². The molecule has 10 heteroatoms. The molecule has 1 N–H and O–H groups in total. The molecule has 2 aromatic carbocycles. The number of anilines is 1. The van der Waals surface area contributed by atoms with Crippen molar-refractivity contribution in [3.8, 4) is 0 Å². The molecule has 0 bridgehead atoms. The molecule has 3 aromatic rings. The van der Waals surface area contributed by atoms with E-state index in [1.54, 1.807) is 35.8 Å². The van der Waals surface area contributed by atoms with Gasteiger partial charge in [-0.05, 0) is 38.0 Å². The molecule has 1 amide bonds. The number of rotatable bonds is 8. The summed E-state index contributed by atoms with van der Waals surface area (Å²) in [7, 11) is 0. The van der Waals surface area contributed by atoms with Crippen molar-refractivity contribution in [2.45, 2.75) is 38.6 Å². The van der Waals surface area contributed by atoms with Crippen LogP contribution in [0.5, 0.6) is 0 Å². The number of hydrogen-bond donors (Lipinski definition) is 1. The van der Waals surface area contributed by atoms with Gasteiger partial charge in [0.2, 0.25) is 0 Å². The van der Waals surface area contributed by atoms with Gasteiger partial charge in [0.15, 0.2) is 6.61 Å². The highest BCUT2D eigenvalue weighted by molar-refractivity contribution is 5.93. The van der Waals surface area contributed by atoms with E-state index in [0.29, 0.717) is 22.3 Å². The maximum atomic E-state index is 12.9. The summed E-state index contributed by atoms with van der Waals surface area (Å²) in [4.78, 5) is 52.2. The lowest BCUT2D eigenvalue weighted by Crippen LogP contribution is -2.25. The molecule has 1 aliphatic rings. The standard InChI is InChI=1S/C23H22N4O6/c1-14-6-7-15(12-19(14)27(31)32)24-21(28)13-33-22(29)11-10-20-25-18-5-3-2-4-17(18)23(30)26(20)16-8-9-16/h2-7,12,16H,8-11,13H2,1H3,(H,24,28). The third kappa shape index (κ3) is 5.05. The SMILES string of the molecule is Cc1ccc(NC(=O)COC(=O)CCc2nc3ccccc3c(=O)n2C2CC2)cc1[N+](=O)[O-]. The number of aromatic nitrogens is 2. The zero-order valence-corrected chi connectivity index (χ0v) is 17.9. The second-order valence-corrected chi connectivity index (χ2v) is 7.92. The number of hydrogen-bond acceptors (Lipinski definition) is 7. The van der Waals surface area contributed by atoms with Crippen LogP contribution < -0.4 is 10.9 Å². The number of amides is 1. The monoisotopic (exact) mass is 450 g/mol. The topological polar surface area (TPSA) is 133 Å². The first-order valence-corrected chi connectivity index (χ1v) is 10.5. The Labute approximate surface area is 188 Å². The molecule has 0 radical (unpaired) electrons. The number of carbonyl (C=O) groups is 2. The Morgan fingerprint density at radius 1 is 1.24 bits per heavy atom. The molecule has 4 rings (SSSR count). The van der Waals surface area contributed by atoms with E-state index in [-0.39, 0.29) is 35.8 Å². The fraction of sp³-hybridized carbons (Fsp3) is 0.304. The summed E-state index contributed by atoms with van der Waals surface area (Å²) in [5, 5.41) is 14.0. The molecular formula is C23H22N4O6. The van der Waals surface area contributed by atoms with Crippen LogP contribution in [0, 0.1) is 17.0 Å². The van der Waals surface area contributed by atoms with E-state index in [0.717, 1.165) is 12.8 Å². The molecule has 0 aliphatic heterocycles. The van der Waals surface area contributed by atoms with Crippen molar-refractivity contribution in [3.05, 3.63) is 74.3 Å². The van der Waals surface area contributed by atoms with Crippen LogP contribution in [-0.4, -0.2) is 33.0 Å². The van der Waals surface area contributed by atoms with Gasteiger partial charge in [0.25, 0.3) is 17.2 Å². The summed E-state index contributed by atoms with van der Waals surface area (Å²) in [6.07, 6.45) is 1.96. The molecule has 10 nitrogen and oxygen atoms in total. The Kier molecular flexibility index (Phi) is 6.16. The fourth-order valence-corrected chi connectivity index (χ4v) is 3.59. The van der Waals surface area contributed by atoms with Gasteiger partial charge in [0.05, 0.1) is 22.2 Å². The molecule has 1 heterocycles. The number of esters is 1. The molecule has 170 valence electrons. The van der Waals surface area contributed by atoms with Gasteiger partial charge in [0, 0.05) is 29.8 Å². The predicted octanol–water partition coefficient (Wildman–Crippen LogP) is 3.06. The Balaban J connectivity index is 1.36. The number of para-hydroxylation sites is 1. The maximum Gasteiger partial charge on any atom is 0.306 e. The van der Waals surface area contributed by atoms with E-state index in [9.17, 15) is 24.5 Å². The fourth-order valence-electron chi connectivity index (χ4n) is 3.59. The minimum Gasteiger partial charge on any atom is -0.456 e. The number of fused-ring (bicyclic) bond motifs is 1. The molecule has 33 heavy (non-hydrogen) atoms. The Morgan fingerprint density at radius 3 is 2.73 bits per heavy atom. The van der Waals surface area contributed by atoms with Crippen LogP contribution in [-0.2, 0) is 20.7 Å². The van der Waals surface area contributed by atoms with Gasteiger partial charge < -0.3 is 10.1 Å². The minimum absolute atomic E-state index is 0.0409. The average molecular weight is 450 g/mol. The summed E-state index contributed by atoms with van der Waals surface area (Å²) in [5.74, 6) is -0.695. The van der Waals surface area contributed by atoms with Gasteiger partial charge in [-0.1, -0.05) is 18.2 Å². The van der Waals surface area contributed by atoms with Gasteiger partial charge in [-0.15, -0.1) is 0 Å². The Hall–Kier alpha value is -4.08. The van der Waals surface area contributed by atoms with E-state index in [4.69, 9.17) is 4.74 Å². The van der Waals surface area contributed by atoms with Crippen molar-refractivity contribution in [1.82, 2.24) is 9.55 Å². The number of nitro groups is 1. The van der Waals surface area contributed by atoms with Crippen LogP contribution in [0.1, 0.15) is 36.7 Å². The van der Waals surface area contributed by atoms with E-state index in [1.807, 2.05) is 0 Å². The molecule has 1 aromatic heterocycles. The smallest absolute Gasteiger partial charge is 0.306 e. The largest absolute Gasteiger partial charge is 0.456 e. The van der Waals surface area contributed by atoms with Crippen molar-refractivity contribution in [1.29, 1.82) is 0 Å². The van der Waals surface area contributed by atoms with E-state index >= 15 is 0 Å². The summed E-state index contributed by atoms with van der Waals surface area (Å²) in [6, 6.07) is 11.5. The number of ether oxygens (including phenoxy) is 1. The molecular weight excluding hydrogens is 428 g/mol. The Morgan fingerprint density at radius 2 is 2.00 bits per heavy atom. The van der Waals surface area contributed by atoms with Gasteiger partial charge in [-0.25, -0.2) is 4.98 Å². The zero-order chi connectivity index (χ0) is 23.5. The maximum absolute atomic E-state index is 12.9. The van der Waals surface area contributed by atoms with Gasteiger partial charge in [0.1, 0.15) is 5.82 Å². The van der Waals surface area contributed by atoms with Crippen molar-refractivity contribution in [2.24, 2.45) is 0 Å². The molecule has 0 saturated heterocycles. The van der Waals surface area contributed by atoms with Crippen molar-refractivity contribution in [3.63, 3.8) is 0 Å². The number of carbonyl (C=O) groups excluding carboxylic acids is 2. The van der Waals surface area contributed by atoms with Crippen LogP contribution in [0.3, 0.4) is 0 Å². The number of nitrogens with zero attached hydrogens (tertiary/aromatic N) is 3. The van der Waals surface area contributed by atoms with Gasteiger partial charge >= 0.3 is 5.97 Å². The van der Waals surface area contributed by atoms with Crippen LogP contribution >= 0.6 is 0 Å². The van der Waals surface area contributed by atoms with Gasteiger partial charge in [-0.3, -0.25) is 29.1 Å². The average Bonchev–Trinajstić information content (AvgIpc) is 3.62. The highest BCUT2D eigenvalue weighted by Crippen LogP contribution is 2.35. The van der Waals surface area contributed by atoms with Crippen LogP contribution in [0.4, 0.5) is 11.4 Å². The van der Waals surface area contributed by atoms with E-state index < -0.39 is 23.4 Å². The molecule has 1 saturated carbocycles. The van der Waals surface area contributed by atoms with Crippen molar-refractivity contribution in [2.75, 3.05) is 11.9 Å². The molecule has 1 fully saturated rings. The third-order valence-corrected chi connectivity index (χ3v) is 5.40. The minimum atomic E-state index is -0.611. The molecule has 0 unspecified atom stereocenters. The first kappa shape index (κ1) is 22.1. The van der Waals surface area contributed by atoms with E-state index in [2.05, 4.69) is 10.3 Å². The van der Waals surface area contributed by atoms with Gasteiger partial charge in [-0.2, -0.15) is 0 Å². The van der Waals surface area contributed by atoms with Crippen LogP contribution in [0.25, 0.3) is 10.9 Å². The lowest BCUT2D eigenvalue weighted by Gasteiger charge is -2.12. The first-order valence-electron chi connectivity index (χ1n) is 10.5. The quantitative estimate of drug-likeness (QED) is 0.317. The molecule has 1 aliphatic carbocycles. The number of nitrogens with one attached hydrogen (secondary N) is 1. The number of aryl methyl sites for hydroxylation is 2. The Bertz CT molecular complexity index is 1310. The normalized spacial score (nSPS) is 13.0. The second-order valence-electron chi connectivity index (χ2n) is 7.92. The summed E-state index contributed by atoms with van der Waals surface area (Å²) < 4.78 is 6.69. The second kappa shape index (κ2) is 9.19. The molecule has 0 spiro atoms. The van der Waals surface area contributed by atoms with Crippen molar-refractivity contribution < 1.29 is 19.2 Å². The summed E-state index contributed by atoms with van der Waals surface area (Å²) >= 11 is 0.